The number of para-hydroxylation sites is 2. The Hall–Kier alpha value is -2.54. The normalized spacial score (nSPS) is 10.9. The van der Waals surface area contributed by atoms with Crippen molar-refractivity contribution in [2.24, 2.45) is 0 Å². The van der Waals surface area contributed by atoms with Crippen molar-refractivity contribution in [3.63, 3.8) is 0 Å². The first kappa shape index (κ1) is 16.8. The molecular weight excluding hydrogens is 316 g/mol. The molecule has 0 aliphatic heterocycles. The Labute approximate surface area is 135 Å². The van der Waals surface area contributed by atoms with Crippen LogP contribution in [0.5, 0.6) is 5.75 Å². The molecule has 7 heteroatoms. The molecule has 2 N–H and O–H groups in total. The molecule has 2 aromatic carbocycles. The summed E-state index contributed by atoms with van der Waals surface area (Å²) in [5.74, 6) is 0.154. The zero-order chi connectivity index (χ0) is 17.0. The predicted molar refractivity (Wildman–Crippen MR) is 89.3 cm³/mol. The minimum atomic E-state index is -3.82. The Kier molecular flexibility index (Phi) is 4.90. The molecule has 122 valence electrons. The van der Waals surface area contributed by atoms with Gasteiger partial charge in [0.25, 0.3) is 10.0 Å². The zero-order valence-corrected chi connectivity index (χ0v) is 13.9. The van der Waals surface area contributed by atoms with Gasteiger partial charge in [-0.2, -0.15) is 0 Å². The van der Waals surface area contributed by atoms with E-state index in [1.807, 2.05) is 0 Å². The lowest BCUT2D eigenvalue weighted by Crippen LogP contribution is -2.15. The van der Waals surface area contributed by atoms with E-state index in [-0.39, 0.29) is 10.8 Å². The molecule has 0 fully saturated rings. The van der Waals surface area contributed by atoms with E-state index in [2.05, 4.69) is 10.0 Å². The summed E-state index contributed by atoms with van der Waals surface area (Å²) in [5, 5.41) is 2.58. The smallest absolute Gasteiger partial charge is 0.262 e. The third kappa shape index (κ3) is 4.01. The number of rotatable bonds is 5. The summed E-state index contributed by atoms with van der Waals surface area (Å²) in [6, 6.07) is 11.5. The summed E-state index contributed by atoms with van der Waals surface area (Å²) in [5.41, 5.74) is 1.34. The topological polar surface area (TPSA) is 84.5 Å². The van der Waals surface area contributed by atoms with E-state index >= 15 is 0 Å². The predicted octanol–water partition coefficient (Wildman–Crippen LogP) is 2.76. The zero-order valence-electron chi connectivity index (χ0n) is 13.1. The monoisotopic (exact) mass is 334 g/mol. The van der Waals surface area contributed by atoms with Gasteiger partial charge in [-0.1, -0.05) is 18.2 Å². The van der Waals surface area contributed by atoms with Gasteiger partial charge in [0.05, 0.1) is 17.7 Å². The SMILES string of the molecule is COc1ccccc1NS(=O)(=O)c1cc(NC(C)=O)ccc1C. The minimum Gasteiger partial charge on any atom is -0.495 e. The number of hydrogen-bond acceptors (Lipinski definition) is 4. The molecule has 0 unspecified atom stereocenters. The average Bonchev–Trinajstić information content (AvgIpc) is 2.48. The van der Waals surface area contributed by atoms with Crippen molar-refractivity contribution in [3.05, 3.63) is 48.0 Å². The first-order valence-corrected chi connectivity index (χ1v) is 8.36. The third-order valence-electron chi connectivity index (χ3n) is 3.15. The van der Waals surface area contributed by atoms with Gasteiger partial charge in [0.2, 0.25) is 5.91 Å². The summed E-state index contributed by atoms with van der Waals surface area (Å²) in [4.78, 5) is 11.2. The summed E-state index contributed by atoms with van der Waals surface area (Å²) in [6.45, 7) is 3.05. The first-order chi connectivity index (χ1) is 10.8. The molecule has 0 radical (unpaired) electrons. The molecule has 6 nitrogen and oxygen atoms in total. The van der Waals surface area contributed by atoms with Crippen molar-refractivity contribution in [2.45, 2.75) is 18.7 Å². The minimum absolute atomic E-state index is 0.0923. The number of carbonyl (C=O) groups is 1. The van der Waals surface area contributed by atoms with Crippen LogP contribution in [0.1, 0.15) is 12.5 Å². The summed E-state index contributed by atoms with van der Waals surface area (Å²) in [6.07, 6.45) is 0. The third-order valence-corrected chi connectivity index (χ3v) is 4.66. The highest BCUT2D eigenvalue weighted by atomic mass is 32.2. The Balaban J connectivity index is 2.41. The van der Waals surface area contributed by atoms with Gasteiger partial charge >= 0.3 is 0 Å². The van der Waals surface area contributed by atoms with Crippen LogP contribution in [0.2, 0.25) is 0 Å². The van der Waals surface area contributed by atoms with Gasteiger partial charge in [-0.3, -0.25) is 9.52 Å². The van der Waals surface area contributed by atoms with E-state index in [0.717, 1.165) is 0 Å². The maximum Gasteiger partial charge on any atom is 0.262 e. The van der Waals surface area contributed by atoms with Gasteiger partial charge in [-0.15, -0.1) is 0 Å². The standard InChI is InChI=1S/C16H18N2O4S/c1-11-8-9-13(17-12(2)19)10-16(11)23(20,21)18-14-6-4-5-7-15(14)22-3/h4-10,18H,1-3H3,(H,17,19). The summed E-state index contributed by atoms with van der Waals surface area (Å²) in [7, 11) is -2.35. The highest BCUT2D eigenvalue weighted by Crippen LogP contribution is 2.28. The lowest BCUT2D eigenvalue weighted by atomic mass is 10.2. The van der Waals surface area contributed by atoms with Gasteiger partial charge in [0.15, 0.2) is 0 Å². The molecule has 2 aromatic rings. The van der Waals surface area contributed by atoms with Crippen LogP contribution in [0.3, 0.4) is 0 Å². The van der Waals surface area contributed by atoms with E-state index in [4.69, 9.17) is 4.74 Å². The number of methoxy groups -OCH3 is 1. The van der Waals surface area contributed by atoms with Gasteiger partial charge < -0.3 is 10.1 Å². The maximum absolute atomic E-state index is 12.6. The van der Waals surface area contributed by atoms with E-state index in [1.165, 1.54) is 20.1 Å². The van der Waals surface area contributed by atoms with Crippen molar-refractivity contribution >= 4 is 27.3 Å². The molecule has 23 heavy (non-hydrogen) atoms. The Morgan fingerprint density at radius 1 is 1.13 bits per heavy atom. The largest absolute Gasteiger partial charge is 0.495 e. The van der Waals surface area contributed by atoms with Crippen LogP contribution in [0.4, 0.5) is 11.4 Å². The number of carbonyl (C=O) groups excluding carboxylic acids is 1. The molecule has 1 amide bonds. The molecule has 0 aliphatic rings. The van der Waals surface area contributed by atoms with Crippen molar-refractivity contribution < 1.29 is 17.9 Å². The van der Waals surface area contributed by atoms with Gasteiger partial charge in [0.1, 0.15) is 5.75 Å². The van der Waals surface area contributed by atoms with Crippen molar-refractivity contribution in [3.8, 4) is 5.75 Å². The lowest BCUT2D eigenvalue weighted by Gasteiger charge is -2.14. The fourth-order valence-electron chi connectivity index (χ4n) is 2.10. The second-order valence-electron chi connectivity index (χ2n) is 4.97. The molecule has 0 aliphatic carbocycles. The molecule has 0 saturated carbocycles. The quantitative estimate of drug-likeness (QED) is 0.880. The fourth-order valence-corrected chi connectivity index (χ4v) is 3.44. The van der Waals surface area contributed by atoms with Crippen LogP contribution in [0, 0.1) is 6.92 Å². The molecule has 0 spiro atoms. The van der Waals surface area contributed by atoms with E-state index < -0.39 is 10.0 Å². The first-order valence-electron chi connectivity index (χ1n) is 6.87. The number of anilines is 2. The summed E-state index contributed by atoms with van der Waals surface area (Å²) >= 11 is 0. The molecule has 2 rings (SSSR count). The van der Waals surface area contributed by atoms with Crippen LogP contribution < -0.4 is 14.8 Å². The summed E-state index contributed by atoms with van der Waals surface area (Å²) < 4.78 is 33.0. The average molecular weight is 334 g/mol. The highest BCUT2D eigenvalue weighted by Gasteiger charge is 2.19. The number of nitrogens with one attached hydrogen (secondary N) is 2. The number of benzene rings is 2. The molecule has 0 heterocycles. The van der Waals surface area contributed by atoms with Crippen LogP contribution >= 0.6 is 0 Å². The second-order valence-corrected chi connectivity index (χ2v) is 6.62. The number of ether oxygens (including phenoxy) is 1. The number of sulfonamides is 1. The van der Waals surface area contributed by atoms with Gasteiger partial charge in [-0.25, -0.2) is 8.42 Å². The van der Waals surface area contributed by atoms with E-state index in [1.54, 1.807) is 43.3 Å². The van der Waals surface area contributed by atoms with E-state index in [0.29, 0.717) is 22.7 Å². The Bertz CT molecular complexity index is 832. The van der Waals surface area contributed by atoms with Crippen molar-refractivity contribution in [1.82, 2.24) is 0 Å². The molecule has 0 atom stereocenters. The van der Waals surface area contributed by atoms with Crippen LogP contribution in [0.15, 0.2) is 47.4 Å². The lowest BCUT2D eigenvalue weighted by molar-refractivity contribution is -0.114. The maximum atomic E-state index is 12.6. The Morgan fingerprint density at radius 3 is 2.48 bits per heavy atom. The van der Waals surface area contributed by atoms with Gasteiger partial charge in [-0.05, 0) is 36.8 Å². The second kappa shape index (κ2) is 6.70. The Morgan fingerprint density at radius 2 is 1.83 bits per heavy atom. The number of aryl methyl sites for hydroxylation is 1. The van der Waals surface area contributed by atoms with Crippen molar-refractivity contribution in [2.75, 3.05) is 17.1 Å². The van der Waals surface area contributed by atoms with Crippen LogP contribution in [-0.4, -0.2) is 21.4 Å². The fraction of sp³-hybridized carbons (Fsp3) is 0.188. The van der Waals surface area contributed by atoms with Crippen molar-refractivity contribution in [1.29, 1.82) is 0 Å². The highest BCUT2D eigenvalue weighted by molar-refractivity contribution is 7.92. The molecule has 0 aromatic heterocycles. The van der Waals surface area contributed by atoms with Crippen LogP contribution in [0.25, 0.3) is 0 Å². The van der Waals surface area contributed by atoms with E-state index in [9.17, 15) is 13.2 Å². The van der Waals surface area contributed by atoms with Gasteiger partial charge in [0, 0.05) is 12.6 Å². The number of amides is 1. The molecular formula is C16H18N2O4S. The molecule has 0 bridgehead atoms. The number of hydrogen-bond donors (Lipinski definition) is 2. The molecule has 0 saturated heterocycles. The van der Waals surface area contributed by atoms with Crippen LogP contribution in [-0.2, 0) is 14.8 Å².